The Morgan fingerprint density at radius 1 is 1.21 bits per heavy atom. The normalized spacial score (nSPS) is 11.9. The van der Waals surface area contributed by atoms with Gasteiger partial charge in [-0.05, 0) is 35.1 Å². The molecule has 9 heteroatoms. The van der Waals surface area contributed by atoms with Gasteiger partial charge in [0.2, 0.25) is 0 Å². The number of aromatic nitrogens is 3. The van der Waals surface area contributed by atoms with Crippen molar-refractivity contribution in [2.75, 3.05) is 11.4 Å². The average Bonchev–Trinajstić information content (AvgIpc) is 3.33. The molecule has 0 unspecified atom stereocenters. The first-order valence-electron chi connectivity index (χ1n) is 6.98. The smallest absolute Gasteiger partial charge is 0.273 e. The fourth-order valence-corrected chi connectivity index (χ4v) is 5.35. The number of H-pyrrole nitrogens is 1. The largest absolute Gasteiger partial charge is 0.351 e. The molecule has 0 aliphatic heterocycles. The van der Waals surface area contributed by atoms with Crippen molar-refractivity contribution in [1.82, 2.24) is 14.3 Å². The molecule has 0 aliphatic carbocycles. The number of sulfonamides is 1. The highest BCUT2D eigenvalue weighted by Crippen LogP contribution is 2.33. The van der Waals surface area contributed by atoms with Crippen LogP contribution in [0.2, 0.25) is 0 Å². The third kappa shape index (κ3) is 2.41. The van der Waals surface area contributed by atoms with Crippen LogP contribution >= 0.6 is 22.9 Å². The van der Waals surface area contributed by atoms with E-state index in [1.807, 2.05) is 18.2 Å². The van der Waals surface area contributed by atoms with Gasteiger partial charge in [-0.3, -0.25) is 4.31 Å². The summed E-state index contributed by atoms with van der Waals surface area (Å²) in [4.78, 5) is 7.46. The summed E-state index contributed by atoms with van der Waals surface area (Å²) in [5.74, 6) is 0. The highest BCUT2D eigenvalue weighted by molar-refractivity contribution is 7.94. The van der Waals surface area contributed by atoms with Gasteiger partial charge in [-0.25, -0.2) is 13.4 Å². The molecule has 3 aromatic heterocycles. The number of fused-ring (bicyclic) bond motifs is 1. The summed E-state index contributed by atoms with van der Waals surface area (Å²) in [6, 6.07) is 10.9. The Morgan fingerprint density at radius 3 is 2.79 bits per heavy atom. The summed E-state index contributed by atoms with van der Waals surface area (Å²) >= 11 is 2.49. The molecule has 0 aliphatic rings. The fraction of sp³-hybridized carbons (Fsp3) is 0.0667. The number of anilines is 1. The quantitative estimate of drug-likeness (QED) is 0.590. The van der Waals surface area contributed by atoms with Gasteiger partial charge in [-0.15, -0.1) is 11.3 Å². The van der Waals surface area contributed by atoms with Crippen LogP contribution in [0.4, 0.5) is 5.69 Å². The first-order valence-corrected chi connectivity index (χ1v) is 10.1. The first kappa shape index (κ1) is 15.3. The molecule has 0 bridgehead atoms. The Morgan fingerprint density at radius 2 is 2.08 bits per heavy atom. The summed E-state index contributed by atoms with van der Waals surface area (Å²) in [7, 11) is -2.01. The van der Waals surface area contributed by atoms with Gasteiger partial charge in [0, 0.05) is 12.4 Å². The minimum absolute atomic E-state index is 0.318. The molecular formula is C15H12N4O2S3. The van der Waals surface area contributed by atoms with Crippen molar-refractivity contribution in [2.24, 2.45) is 0 Å². The van der Waals surface area contributed by atoms with Gasteiger partial charge >= 0.3 is 0 Å². The Bertz CT molecular complexity index is 1080. The van der Waals surface area contributed by atoms with Crippen LogP contribution in [0.25, 0.3) is 21.6 Å². The van der Waals surface area contributed by atoms with E-state index >= 15 is 0 Å². The molecule has 0 spiro atoms. The average molecular weight is 376 g/mol. The van der Waals surface area contributed by atoms with Crippen molar-refractivity contribution in [3.63, 3.8) is 0 Å². The highest BCUT2D eigenvalue weighted by Gasteiger charge is 2.24. The van der Waals surface area contributed by atoms with Gasteiger partial charge in [0.05, 0.1) is 16.9 Å². The maximum atomic E-state index is 12.8. The number of thiophene rings is 1. The number of hydrogen-bond acceptors (Lipinski definition) is 6. The van der Waals surface area contributed by atoms with Crippen molar-refractivity contribution >= 4 is 49.5 Å². The van der Waals surface area contributed by atoms with E-state index in [1.54, 1.807) is 30.6 Å². The predicted octanol–water partition coefficient (Wildman–Crippen LogP) is 3.57. The van der Waals surface area contributed by atoms with Crippen molar-refractivity contribution < 1.29 is 8.42 Å². The summed E-state index contributed by atoms with van der Waals surface area (Å²) in [6.07, 6.45) is 1.50. The van der Waals surface area contributed by atoms with Crippen molar-refractivity contribution in [2.45, 2.75) is 4.21 Å². The number of hydrogen-bond donors (Lipinski definition) is 1. The van der Waals surface area contributed by atoms with E-state index in [0.29, 0.717) is 9.90 Å². The van der Waals surface area contributed by atoms with Gasteiger partial charge in [-0.1, -0.05) is 18.2 Å². The van der Waals surface area contributed by atoms with Crippen LogP contribution in [0.15, 0.2) is 52.3 Å². The lowest BCUT2D eigenvalue weighted by atomic mass is 10.2. The lowest BCUT2D eigenvalue weighted by molar-refractivity contribution is 0.596. The molecule has 0 atom stereocenters. The molecule has 6 nitrogen and oxygen atoms in total. The van der Waals surface area contributed by atoms with Gasteiger partial charge in [-0.2, -0.15) is 4.37 Å². The number of rotatable bonds is 4. The van der Waals surface area contributed by atoms with Gasteiger partial charge in [0.1, 0.15) is 10.5 Å². The molecule has 0 saturated heterocycles. The van der Waals surface area contributed by atoms with Crippen molar-refractivity contribution in [1.29, 1.82) is 0 Å². The van der Waals surface area contributed by atoms with Crippen molar-refractivity contribution in [3.8, 4) is 10.7 Å². The molecule has 4 rings (SSSR count). The molecule has 0 saturated carbocycles. The Hall–Kier alpha value is -2.23. The number of aromatic amines is 1. The molecule has 1 aromatic carbocycles. The topological polar surface area (TPSA) is 79.0 Å². The van der Waals surface area contributed by atoms with Crippen LogP contribution in [0, 0.1) is 0 Å². The summed E-state index contributed by atoms with van der Waals surface area (Å²) in [5.41, 5.74) is 2.17. The third-order valence-corrected chi connectivity index (χ3v) is 7.52. The fourth-order valence-electron chi connectivity index (χ4n) is 2.48. The summed E-state index contributed by atoms with van der Waals surface area (Å²) < 4.78 is 31.2. The first-order chi connectivity index (χ1) is 11.6. The molecule has 3 heterocycles. The van der Waals surface area contributed by atoms with Crippen LogP contribution in [0.1, 0.15) is 0 Å². The molecule has 24 heavy (non-hydrogen) atoms. The zero-order valence-corrected chi connectivity index (χ0v) is 15.0. The van der Waals surface area contributed by atoms with Gasteiger partial charge < -0.3 is 4.98 Å². The molecule has 0 amide bonds. The zero-order chi connectivity index (χ0) is 16.7. The minimum atomic E-state index is -3.58. The van der Waals surface area contributed by atoms with Crippen LogP contribution in [-0.2, 0) is 10.0 Å². The SMILES string of the molecule is CN(c1cccc2cc(-c3ncns3)[nH]c12)S(=O)(=O)c1cccs1. The third-order valence-electron chi connectivity index (χ3n) is 3.68. The van der Waals surface area contributed by atoms with E-state index < -0.39 is 10.0 Å². The van der Waals surface area contributed by atoms with E-state index in [2.05, 4.69) is 14.3 Å². The Labute approximate surface area is 146 Å². The number of nitrogens with zero attached hydrogens (tertiary/aromatic N) is 3. The van der Waals surface area contributed by atoms with Crippen LogP contribution in [0.5, 0.6) is 0 Å². The maximum Gasteiger partial charge on any atom is 0.273 e. The van der Waals surface area contributed by atoms with Gasteiger partial charge in [0.25, 0.3) is 10.0 Å². The summed E-state index contributed by atoms with van der Waals surface area (Å²) in [6.45, 7) is 0. The molecule has 0 radical (unpaired) electrons. The Balaban J connectivity index is 1.85. The van der Waals surface area contributed by atoms with Crippen LogP contribution < -0.4 is 4.31 Å². The lowest BCUT2D eigenvalue weighted by Crippen LogP contribution is -2.26. The Kier molecular flexibility index (Phi) is 3.63. The van der Waals surface area contributed by atoms with E-state index in [4.69, 9.17) is 0 Å². The lowest BCUT2D eigenvalue weighted by Gasteiger charge is -2.19. The molecular weight excluding hydrogens is 364 g/mol. The minimum Gasteiger partial charge on any atom is -0.351 e. The number of benzene rings is 1. The van der Waals surface area contributed by atoms with Crippen LogP contribution in [-0.4, -0.2) is 29.8 Å². The predicted molar refractivity (Wildman–Crippen MR) is 97.1 cm³/mol. The van der Waals surface area contributed by atoms with Crippen LogP contribution in [0.3, 0.4) is 0 Å². The number of para-hydroxylation sites is 1. The molecule has 0 fully saturated rings. The van der Waals surface area contributed by atoms with E-state index in [0.717, 1.165) is 21.6 Å². The highest BCUT2D eigenvalue weighted by atomic mass is 32.2. The molecule has 122 valence electrons. The van der Waals surface area contributed by atoms with E-state index in [9.17, 15) is 8.42 Å². The second-order valence-corrected chi connectivity index (χ2v) is 9.00. The summed E-state index contributed by atoms with van der Waals surface area (Å²) in [5, 5.41) is 3.44. The second-order valence-electron chi connectivity index (χ2n) is 5.08. The van der Waals surface area contributed by atoms with Gasteiger partial charge in [0.15, 0.2) is 5.01 Å². The standard InChI is InChI=1S/C15H12N4O2S3/c1-19(24(20,21)13-6-3-7-22-13)12-5-2-4-10-8-11(18-14(10)12)15-16-9-17-23-15/h2-9,18H,1H3. The monoisotopic (exact) mass is 376 g/mol. The maximum absolute atomic E-state index is 12.8. The number of nitrogens with one attached hydrogen (secondary N) is 1. The molecule has 4 aromatic rings. The zero-order valence-electron chi connectivity index (χ0n) is 12.5. The van der Waals surface area contributed by atoms with E-state index in [1.165, 1.54) is 33.5 Å². The van der Waals surface area contributed by atoms with Crippen molar-refractivity contribution in [3.05, 3.63) is 48.1 Å². The van der Waals surface area contributed by atoms with E-state index in [-0.39, 0.29) is 0 Å². The molecule has 1 N–H and O–H groups in total. The second kappa shape index (κ2) is 5.69.